The summed E-state index contributed by atoms with van der Waals surface area (Å²) in [4.78, 5) is 0. The van der Waals surface area contributed by atoms with Crippen LogP contribution in [0.15, 0.2) is 0 Å². The van der Waals surface area contributed by atoms with E-state index in [0.717, 1.165) is 12.5 Å². The molecule has 88 valence electrons. The van der Waals surface area contributed by atoms with E-state index in [1.807, 2.05) is 0 Å². The van der Waals surface area contributed by atoms with Crippen LogP contribution in [0.25, 0.3) is 0 Å². The van der Waals surface area contributed by atoms with Crippen molar-refractivity contribution in [2.45, 2.75) is 70.6 Å². The molecule has 15 heavy (non-hydrogen) atoms. The smallest absolute Gasteiger partial charge is 0.00720 e. The fourth-order valence-electron chi connectivity index (χ4n) is 3.87. The lowest BCUT2D eigenvalue weighted by atomic mass is 9.67. The molecular formula is C14H27N. The molecule has 0 unspecified atom stereocenters. The molecule has 2 fully saturated rings. The zero-order valence-corrected chi connectivity index (χ0v) is 10.1. The molecule has 0 aromatic heterocycles. The summed E-state index contributed by atoms with van der Waals surface area (Å²) < 4.78 is 0. The van der Waals surface area contributed by atoms with Gasteiger partial charge >= 0.3 is 0 Å². The van der Waals surface area contributed by atoms with Crippen molar-refractivity contribution in [1.82, 2.24) is 0 Å². The minimum absolute atomic E-state index is 0.661. The number of hydrogen-bond donors (Lipinski definition) is 1. The first-order chi connectivity index (χ1) is 7.35. The van der Waals surface area contributed by atoms with Gasteiger partial charge in [-0.2, -0.15) is 0 Å². The van der Waals surface area contributed by atoms with E-state index in [0.29, 0.717) is 5.41 Å². The molecule has 0 radical (unpaired) electrons. The first kappa shape index (κ1) is 11.4. The summed E-state index contributed by atoms with van der Waals surface area (Å²) in [5, 5.41) is 0. The van der Waals surface area contributed by atoms with E-state index in [1.54, 1.807) is 0 Å². The molecule has 2 N–H and O–H groups in total. The highest BCUT2D eigenvalue weighted by Gasteiger charge is 2.32. The van der Waals surface area contributed by atoms with Gasteiger partial charge in [-0.25, -0.2) is 0 Å². The van der Waals surface area contributed by atoms with E-state index in [-0.39, 0.29) is 0 Å². The van der Waals surface area contributed by atoms with Crippen LogP contribution >= 0.6 is 0 Å². The van der Waals surface area contributed by atoms with Crippen molar-refractivity contribution in [3.8, 4) is 0 Å². The van der Waals surface area contributed by atoms with Gasteiger partial charge < -0.3 is 5.73 Å². The molecule has 0 atom stereocenters. The Bertz CT molecular complexity index is 176. The van der Waals surface area contributed by atoms with Gasteiger partial charge in [-0.05, 0) is 50.0 Å². The van der Waals surface area contributed by atoms with Gasteiger partial charge in [-0.3, -0.25) is 0 Å². The maximum atomic E-state index is 5.82. The lowest BCUT2D eigenvalue weighted by molar-refractivity contribution is 0.134. The average Bonchev–Trinajstić information content (AvgIpc) is 2.20. The highest BCUT2D eigenvalue weighted by atomic mass is 14.5. The number of nitrogens with two attached hydrogens (primary N) is 1. The van der Waals surface area contributed by atoms with Crippen molar-refractivity contribution < 1.29 is 0 Å². The molecule has 1 heteroatoms. The Morgan fingerprint density at radius 1 is 0.867 bits per heavy atom. The van der Waals surface area contributed by atoms with Crippen LogP contribution in [0.5, 0.6) is 0 Å². The molecule has 0 aromatic rings. The molecule has 2 aliphatic carbocycles. The Morgan fingerprint density at radius 3 is 2.13 bits per heavy atom. The lowest BCUT2D eigenvalue weighted by Crippen LogP contribution is -2.28. The monoisotopic (exact) mass is 209 g/mol. The topological polar surface area (TPSA) is 26.0 Å². The van der Waals surface area contributed by atoms with E-state index in [1.165, 1.54) is 70.6 Å². The summed E-state index contributed by atoms with van der Waals surface area (Å²) in [6.07, 6.45) is 16.1. The molecule has 0 amide bonds. The number of rotatable bonds is 2. The molecule has 2 saturated carbocycles. The summed E-state index contributed by atoms with van der Waals surface area (Å²) in [5.74, 6) is 1.06. The first-order valence-corrected chi connectivity index (χ1v) is 7.05. The number of fused-ring (bicyclic) bond motifs is 3. The van der Waals surface area contributed by atoms with E-state index >= 15 is 0 Å². The zero-order valence-electron chi connectivity index (χ0n) is 10.1. The standard InChI is InChI=1S/C14H27N/c15-12-11-14-8-3-1-5-13(7-10-14)6-2-4-9-14/h13H,1-12,15H2. The molecule has 1 nitrogen and oxygen atoms in total. The highest BCUT2D eigenvalue weighted by Crippen LogP contribution is 2.45. The van der Waals surface area contributed by atoms with Crippen LogP contribution in [0.4, 0.5) is 0 Å². The Hall–Kier alpha value is -0.0400. The van der Waals surface area contributed by atoms with Gasteiger partial charge in [0.25, 0.3) is 0 Å². The highest BCUT2D eigenvalue weighted by molar-refractivity contribution is 4.84. The van der Waals surface area contributed by atoms with Gasteiger partial charge in [0, 0.05) is 0 Å². The largest absolute Gasteiger partial charge is 0.330 e. The maximum absolute atomic E-state index is 5.82. The number of hydrogen-bond acceptors (Lipinski definition) is 1. The Morgan fingerprint density at radius 2 is 1.53 bits per heavy atom. The second-order valence-corrected chi connectivity index (χ2v) is 5.93. The van der Waals surface area contributed by atoms with Gasteiger partial charge in [0.15, 0.2) is 0 Å². The van der Waals surface area contributed by atoms with Crippen LogP contribution in [-0.2, 0) is 0 Å². The third-order valence-corrected chi connectivity index (χ3v) is 4.90. The van der Waals surface area contributed by atoms with Crippen LogP contribution in [0.3, 0.4) is 0 Å². The summed E-state index contributed by atoms with van der Waals surface area (Å²) in [5.41, 5.74) is 6.48. The van der Waals surface area contributed by atoms with E-state index in [2.05, 4.69) is 0 Å². The summed E-state index contributed by atoms with van der Waals surface area (Å²) in [6, 6.07) is 0. The Balaban J connectivity index is 2.04. The quantitative estimate of drug-likeness (QED) is 0.734. The summed E-state index contributed by atoms with van der Waals surface area (Å²) in [6.45, 7) is 0.907. The molecule has 2 aliphatic rings. The summed E-state index contributed by atoms with van der Waals surface area (Å²) in [7, 11) is 0. The lowest BCUT2D eigenvalue weighted by Gasteiger charge is -2.39. The predicted molar refractivity (Wildman–Crippen MR) is 65.8 cm³/mol. The maximum Gasteiger partial charge on any atom is -0.00720 e. The third kappa shape index (κ3) is 2.96. The molecule has 0 spiro atoms. The van der Waals surface area contributed by atoms with Crippen molar-refractivity contribution in [2.24, 2.45) is 17.1 Å². The Kier molecular flexibility index (Phi) is 4.07. The summed E-state index contributed by atoms with van der Waals surface area (Å²) >= 11 is 0. The van der Waals surface area contributed by atoms with Crippen LogP contribution in [0.2, 0.25) is 0 Å². The van der Waals surface area contributed by atoms with Crippen LogP contribution in [-0.4, -0.2) is 6.54 Å². The molecule has 0 aromatic carbocycles. The SMILES string of the molecule is NCCC12CCCCC(CCCC1)CC2. The first-order valence-electron chi connectivity index (χ1n) is 7.05. The molecule has 2 bridgehead atoms. The van der Waals surface area contributed by atoms with Gasteiger partial charge in [-0.1, -0.05) is 38.5 Å². The Labute approximate surface area is 94.8 Å². The van der Waals surface area contributed by atoms with Crippen LogP contribution in [0, 0.1) is 11.3 Å². The zero-order chi connectivity index (χ0) is 10.6. The second-order valence-electron chi connectivity index (χ2n) is 5.93. The van der Waals surface area contributed by atoms with Crippen molar-refractivity contribution in [1.29, 1.82) is 0 Å². The van der Waals surface area contributed by atoms with Crippen molar-refractivity contribution in [2.75, 3.05) is 6.54 Å². The van der Waals surface area contributed by atoms with Crippen molar-refractivity contribution in [3.05, 3.63) is 0 Å². The fourth-order valence-corrected chi connectivity index (χ4v) is 3.87. The van der Waals surface area contributed by atoms with Crippen LogP contribution in [0.1, 0.15) is 70.6 Å². The molecular weight excluding hydrogens is 182 g/mol. The molecule has 2 rings (SSSR count). The van der Waals surface area contributed by atoms with Gasteiger partial charge in [0.1, 0.15) is 0 Å². The van der Waals surface area contributed by atoms with Crippen LogP contribution < -0.4 is 5.73 Å². The normalized spacial score (nSPS) is 37.8. The molecule has 0 heterocycles. The third-order valence-electron chi connectivity index (χ3n) is 4.90. The van der Waals surface area contributed by atoms with Crippen molar-refractivity contribution >= 4 is 0 Å². The second kappa shape index (κ2) is 5.34. The minimum Gasteiger partial charge on any atom is -0.330 e. The molecule has 0 aliphatic heterocycles. The van der Waals surface area contributed by atoms with Crippen molar-refractivity contribution in [3.63, 3.8) is 0 Å². The van der Waals surface area contributed by atoms with E-state index in [4.69, 9.17) is 5.73 Å². The van der Waals surface area contributed by atoms with Gasteiger partial charge in [0.05, 0.1) is 0 Å². The molecule has 0 saturated heterocycles. The predicted octanol–water partition coefficient (Wildman–Crippen LogP) is 3.87. The van der Waals surface area contributed by atoms with Gasteiger partial charge in [0.2, 0.25) is 0 Å². The van der Waals surface area contributed by atoms with Gasteiger partial charge in [-0.15, -0.1) is 0 Å². The average molecular weight is 209 g/mol. The minimum atomic E-state index is 0.661. The van der Waals surface area contributed by atoms with E-state index < -0.39 is 0 Å². The van der Waals surface area contributed by atoms with E-state index in [9.17, 15) is 0 Å². The fraction of sp³-hybridized carbons (Fsp3) is 1.00.